The minimum Gasteiger partial charge on any atom is -0.494 e. The van der Waals surface area contributed by atoms with Crippen LogP contribution >= 0.6 is 0 Å². The minimum atomic E-state index is 0.0447. The lowest BCUT2D eigenvalue weighted by molar-refractivity contribution is -0.121. The van der Waals surface area contributed by atoms with E-state index in [-0.39, 0.29) is 5.91 Å². The molecule has 174 valence electrons. The van der Waals surface area contributed by atoms with Crippen molar-refractivity contribution in [1.82, 2.24) is 10.2 Å². The molecule has 0 unspecified atom stereocenters. The molecule has 1 aliphatic rings. The standard InChI is InChI=1S/C26H36N2O4/c1-3-31-24-10-7-21(8-11-24)9-12-26(29)27-20-22-5-4-6-25(19-22)32-18-15-28(2)23-13-16-30-17-14-23/h4-8,10-11,19,23H,3,9,12-18,20H2,1-2H3,(H,27,29). The number of rotatable bonds is 12. The predicted octanol–water partition coefficient (Wildman–Crippen LogP) is 3.82. The topological polar surface area (TPSA) is 60.0 Å². The van der Waals surface area contributed by atoms with Gasteiger partial charge in [-0.3, -0.25) is 9.69 Å². The fraction of sp³-hybridized carbons (Fsp3) is 0.500. The van der Waals surface area contributed by atoms with E-state index in [2.05, 4.69) is 17.3 Å². The smallest absolute Gasteiger partial charge is 0.220 e. The number of carbonyl (C=O) groups excluding carboxylic acids is 1. The van der Waals surface area contributed by atoms with Crippen LogP contribution in [0, 0.1) is 0 Å². The molecule has 0 aromatic heterocycles. The predicted molar refractivity (Wildman–Crippen MR) is 126 cm³/mol. The Morgan fingerprint density at radius 1 is 1.06 bits per heavy atom. The van der Waals surface area contributed by atoms with E-state index < -0.39 is 0 Å². The number of amides is 1. The summed E-state index contributed by atoms with van der Waals surface area (Å²) in [7, 11) is 2.15. The zero-order valence-corrected chi connectivity index (χ0v) is 19.3. The molecule has 2 aromatic rings. The van der Waals surface area contributed by atoms with Crippen LogP contribution in [0.5, 0.6) is 11.5 Å². The molecule has 1 N–H and O–H groups in total. The average Bonchev–Trinajstić information content (AvgIpc) is 2.83. The first-order valence-electron chi connectivity index (χ1n) is 11.6. The van der Waals surface area contributed by atoms with Crippen molar-refractivity contribution < 1.29 is 19.0 Å². The molecule has 1 aliphatic heterocycles. The van der Waals surface area contributed by atoms with Crippen LogP contribution in [0.1, 0.15) is 37.3 Å². The molecule has 3 rings (SSSR count). The first-order valence-corrected chi connectivity index (χ1v) is 11.6. The number of carbonyl (C=O) groups is 1. The van der Waals surface area contributed by atoms with Crippen LogP contribution in [0.4, 0.5) is 0 Å². The van der Waals surface area contributed by atoms with Crippen LogP contribution in [-0.2, 0) is 22.5 Å². The summed E-state index contributed by atoms with van der Waals surface area (Å²) in [4.78, 5) is 14.6. The van der Waals surface area contributed by atoms with Crippen molar-refractivity contribution >= 4 is 5.91 Å². The SMILES string of the molecule is CCOc1ccc(CCC(=O)NCc2cccc(OCCN(C)C3CCOCC3)c2)cc1. The Balaban J connectivity index is 1.36. The molecule has 0 atom stereocenters. The highest BCUT2D eigenvalue weighted by atomic mass is 16.5. The van der Waals surface area contributed by atoms with Crippen LogP contribution in [0.15, 0.2) is 48.5 Å². The van der Waals surface area contributed by atoms with Gasteiger partial charge in [-0.15, -0.1) is 0 Å². The summed E-state index contributed by atoms with van der Waals surface area (Å²) in [5.41, 5.74) is 2.17. The zero-order valence-electron chi connectivity index (χ0n) is 19.3. The second-order valence-electron chi connectivity index (χ2n) is 8.17. The van der Waals surface area contributed by atoms with Gasteiger partial charge in [0, 0.05) is 38.8 Å². The van der Waals surface area contributed by atoms with Gasteiger partial charge in [0.15, 0.2) is 0 Å². The largest absolute Gasteiger partial charge is 0.494 e. The second kappa shape index (κ2) is 13.1. The molecule has 32 heavy (non-hydrogen) atoms. The van der Waals surface area contributed by atoms with Gasteiger partial charge in [-0.25, -0.2) is 0 Å². The fourth-order valence-electron chi connectivity index (χ4n) is 3.83. The van der Waals surface area contributed by atoms with E-state index in [1.54, 1.807) is 0 Å². The third-order valence-electron chi connectivity index (χ3n) is 5.79. The Labute approximate surface area is 191 Å². The molecule has 1 fully saturated rings. The molecular formula is C26H36N2O4. The highest BCUT2D eigenvalue weighted by molar-refractivity contribution is 5.76. The lowest BCUT2D eigenvalue weighted by Crippen LogP contribution is -2.38. The Bertz CT molecular complexity index is 819. The fourth-order valence-corrected chi connectivity index (χ4v) is 3.83. The Morgan fingerprint density at radius 3 is 2.59 bits per heavy atom. The highest BCUT2D eigenvalue weighted by Gasteiger charge is 2.18. The number of aryl methyl sites for hydroxylation is 1. The Kier molecular flexibility index (Phi) is 9.85. The van der Waals surface area contributed by atoms with Gasteiger partial charge in [0.05, 0.1) is 6.61 Å². The van der Waals surface area contributed by atoms with E-state index in [4.69, 9.17) is 14.2 Å². The molecule has 0 radical (unpaired) electrons. The van der Waals surface area contributed by atoms with Gasteiger partial charge in [-0.2, -0.15) is 0 Å². The van der Waals surface area contributed by atoms with Gasteiger partial charge in [0.25, 0.3) is 0 Å². The molecule has 0 bridgehead atoms. The number of nitrogens with one attached hydrogen (secondary N) is 1. The maximum atomic E-state index is 12.3. The van der Waals surface area contributed by atoms with Crippen molar-refractivity contribution in [2.75, 3.05) is 40.0 Å². The molecular weight excluding hydrogens is 404 g/mol. The summed E-state index contributed by atoms with van der Waals surface area (Å²) in [5.74, 6) is 1.74. The van der Waals surface area contributed by atoms with E-state index >= 15 is 0 Å². The minimum absolute atomic E-state index is 0.0447. The average molecular weight is 441 g/mol. The number of likely N-dealkylation sites (N-methyl/N-ethyl adjacent to an activating group) is 1. The Hall–Kier alpha value is -2.57. The quantitative estimate of drug-likeness (QED) is 0.544. The highest BCUT2D eigenvalue weighted by Crippen LogP contribution is 2.16. The number of hydrogen-bond acceptors (Lipinski definition) is 5. The summed E-state index contributed by atoms with van der Waals surface area (Å²) in [6.07, 6.45) is 3.35. The van der Waals surface area contributed by atoms with Crippen LogP contribution in [-0.4, -0.2) is 56.9 Å². The van der Waals surface area contributed by atoms with Crippen LogP contribution < -0.4 is 14.8 Å². The van der Waals surface area contributed by atoms with Crippen molar-refractivity contribution in [3.63, 3.8) is 0 Å². The van der Waals surface area contributed by atoms with Crippen molar-refractivity contribution in [1.29, 1.82) is 0 Å². The van der Waals surface area contributed by atoms with Gasteiger partial charge < -0.3 is 19.5 Å². The third kappa shape index (κ3) is 8.17. The van der Waals surface area contributed by atoms with Gasteiger partial charge >= 0.3 is 0 Å². The molecule has 1 saturated heterocycles. The van der Waals surface area contributed by atoms with Gasteiger partial charge in [-0.05, 0) is 68.6 Å². The summed E-state index contributed by atoms with van der Waals surface area (Å²) in [6.45, 7) is 6.35. The molecule has 0 spiro atoms. The van der Waals surface area contributed by atoms with Gasteiger partial charge in [0.2, 0.25) is 5.91 Å². The first kappa shape index (κ1) is 24.1. The zero-order chi connectivity index (χ0) is 22.6. The van der Waals surface area contributed by atoms with E-state index in [0.29, 0.717) is 38.6 Å². The maximum absolute atomic E-state index is 12.3. The molecule has 1 amide bonds. The van der Waals surface area contributed by atoms with E-state index in [1.165, 1.54) is 0 Å². The summed E-state index contributed by atoms with van der Waals surface area (Å²) in [5, 5.41) is 3.01. The number of hydrogen-bond donors (Lipinski definition) is 1. The normalized spacial score (nSPS) is 14.3. The molecule has 1 heterocycles. The van der Waals surface area contributed by atoms with Crippen molar-refractivity contribution in [2.24, 2.45) is 0 Å². The van der Waals surface area contributed by atoms with Crippen molar-refractivity contribution in [3.05, 3.63) is 59.7 Å². The summed E-state index contributed by atoms with van der Waals surface area (Å²) < 4.78 is 16.8. The van der Waals surface area contributed by atoms with Gasteiger partial charge in [-0.1, -0.05) is 24.3 Å². The lowest BCUT2D eigenvalue weighted by Gasteiger charge is -2.31. The second-order valence-corrected chi connectivity index (χ2v) is 8.17. The molecule has 0 aliphatic carbocycles. The van der Waals surface area contributed by atoms with Crippen molar-refractivity contribution in [2.45, 2.75) is 45.2 Å². The number of benzene rings is 2. The monoisotopic (exact) mass is 440 g/mol. The molecule has 2 aromatic carbocycles. The maximum Gasteiger partial charge on any atom is 0.220 e. The first-order chi connectivity index (χ1) is 15.6. The van der Waals surface area contributed by atoms with E-state index in [9.17, 15) is 4.79 Å². The summed E-state index contributed by atoms with van der Waals surface area (Å²) >= 11 is 0. The molecule has 0 saturated carbocycles. The molecule has 6 heteroatoms. The van der Waals surface area contributed by atoms with Gasteiger partial charge in [0.1, 0.15) is 18.1 Å². The third-order valence-corrected chi connectivity index (χ3v) is 5.79. The lowest BCUT2D eigenvalue weighted by atomic mass is 10.1. The number of ether oxygens (including phenoxy) is 3. The van der Waals surface area contributed by atoms with Crippen LogP contribution in [0.2, 0.25) is 0 Å². The van der Waals surface area contributed by atoms with Crippen LogP contribution in [0.25, 0.3) is 0 Å². The Morgan fingerprint density at radius 2 is 1.84 bits per heavy atom. The van der Waals surface area contributed by atoms with E-state index in [1.807, 2.05) is 55.5 Å². The molecule has 6 nitrogen and oxygen atoms in total. The number of nitrogens with zero attached hydrogens (tertiary/aromatic N) is 1. The van der Waals surface area contributed by atoms with E-state index in [0.717, 1.165) is 55.2 Å². The van der Waals surface area contributed by atoms with Crippen molar-refractivity contribution in [3.8, 4) is 11.5 Å². The summed E-state index contributed by atoms with van der Waals surface area (Å²) in [6, 6.07) is 16.4. The van der Waals surface area contributed by atoms with Crippen LogP contribution in [0.3, 0.4) is 0 Å².